The lowest BCUT2D eigenvalue weighted by Gasteiger charge is -2.10. The summed E-state index contributed by atoms with van der Waals surface area (Å²) in [6, 6.07) is 81.9. The molecule has 31 nitrogen and oxygen atoms in total. The average molecular weight is 1820 g/mol. The van der Waals surface area contributed by atoms with Crippen LogP contribution in [-0.4, -0.2) is 105 Å². The first-order valence-electron chi connectivity index (χ1n) is 42.4. The number of para-hydroxylation sites is 2. The maximum absolute atomic E-state index is 13.7. The molecule has 668 valence electrons. The highest BCUT2D eigenvalue weighted by Gasteiger charge is 2.18. The third-order valence-corrected chi connectivity index (χ3v) is 22.0. The fourth-order valence-electron chi connectivity index (χ4n) is 14.0. The first-order chi connectivity index (χ1) is 64.4. The van der Waals surface area contributed by atoms with Crippen LogP contribution in [0.1, 0.15) is 74.3 Å². The number of anilines is 5. The van der Waals surface area contributed by atoms with Crippen LogP contribution in [-0.2, 0) is 32.7 Å². The number of hydrogen-bond acceptors (Lipinski definition) is 21. The number of rotatable bonds is 22. The molecule has 0 aliphatic heterocycles. The summed E-state index contributed by atoms with van der Waals surface area (Å²) in [7, 11) is 0. The van der Waals surface area contributed by atoms with Gasteiger partial charge >= 0.3 is 0 Å². The third kappa shape index (κ3) is 22.2. The van der Waals surface area contributed by atoms with Gasteiger partial charge in [0.25, 0.3) is 56.7 Å². The maximum Gasteiger partial charge on any atom is 0.274 e. The van der Waals surface area contributed by atoms with E-state index in [9.17, 15) is 28.4 Å². The Balaban J connectivity index is 0.000000121. The van der Waals surface area contributed by atoms with E-state index in [0.29, 0.717) is 129 Å². The summed E-state index contributed by atoms with van der Waals surface area (Å²) in [4.78, 5) is 107. The zero-order valence-electron chi connectivity index (χ0n) is 73.4. The number of aromatic nitrogens is 20. The topological polar surface area (TPSA) is 385 Å². The SMILES string of the molecule is CCOc1ccc(NCc2cc(=O)n3[nH]c(-c4ccc(C)cc4)nc3n2)cc1.Cc1ccc(-c2nc3nc(CNc4cccc(C)c4C)cc(=O)n3[nH]2)cc1.Cc1cccc(-c2nc3nc(CNc4ccc(C)c(Cl)c4)cc(=O)n3[nH]2)c1.Cc1cccc(-c2nc3nc(CNc4ccccc4F)cc(=O)n3[nH]2)c1.O=c1cc(CNc2ccccc2Cl)nc2nc(-c3ccccc3)[nH]n12. The number of H-pyrrole nitrogens is 5. The van der Waals surface area contributed by atoms with Gasteiger partial charge in [-0.2, -0.15) is 47.5 Å². The van der Waals surface area contributed by atoms with Gasteiger partial charge in [0.2, 0.25) is 0 Å². The lowest BCUT2D eigenvalue weighted by Crippen LogP contribution is -2.17. The predicted octanol–water partition coefficient (Wildman–Crippen LogP) is 17.5. The molecule has 10 heterocycles. The highest BCUT2D eigenvalue weighted by Crippen LogP contribution is 2.27. The zero-order chi connectivity index (χ0) is 92.8. The highest BCUT2D eigenvalue weighted by molar-refractivity contribution is 6.33. The molecule has 133 heavy (non-hydrogen) atoms. The number of nitrogens with one attached hydrogen (secondary N) is 10. The highest BCUT2D eigenvalue weighted by atomic mass is 35.5. The molecule has 0 spiro atoms. The lowest BCUT2D eigenvalue weighted by molar-refractivity contribution is 0.340. The molecule has 20 aromatic rings. The molecule has 10 N–H and O–H groups in total. The van der Waals surface area contributed by atoms with Crippen molar-refractivity contribution in [2.75, 3.05) is 33.2 Å². The van der Waals surface area contributed by atoms with Crippen molar-refractivity contribution in [1.82, 2.24) is 97.9 Å². The molecule has 0 aliphatic carbocycles. The summed E-state index contributed by atoms with van der Waals surface area (Å²) in [6.07, 6.45) is 0. The maximum atomic E-state index is 13.7. The van der Waals surface area contributed by atoms with Crippen molar-refractivity contribution in [1.29, 1.82) is 0 Å². The van der Waals surface area contributed by atoms with Crippen LogP contribution in [0.25, 0.3) is 85.8 Å². The Morgan fingerprint density at radius 3 is 1.06 bits per heavy atom. The minimum atomic E-state index is -0.355. The van der Waals surface area contributed by atoms with Gasteiger partial charge < -0.3 is 31.3 Å². The minimum Gasteiger partial charge on any atom is -0.494 e. The Morgan fingerprint density at radius 2 is 0.647 bits per heavy atom. The summed E-state index contributed by atoms with van der Waals surface area (Å²) in [5.74, 6) is 5.16. The van der Waals surface area contributed by atoms with Crippen molar-refractivity contribution in [2.45, 2.75) is 88.1 Å². The number of aryl methyl sites for hydroxylation is 6. The first kappa shape index (κ1) is 89.6. The normalized spacial score (nSPS) is 11.0. The third-order valence-electron chi connectivity index (χ3n) is 21.2. The fourth-order valence-corrected chi connectivity index (χ4v) is 14.4. The molecule has 0 radical (unpaired) electrons. The molecule has 10 aromatic heterocycles. The molecular weight excluding hydrogens is 1730 g/mol. The Morgan fingerprint density at radius 1 is 0.301 bits per heavy atom. The second-order valence-electron chi connectivity index (χ2n) is 31.2. The number of halogens is 3. The van der Waals surface area contributed by atoms with Crippen LogP contribution in [0.3, 0.4) is 0 Å². The average Bonchev–Trinajstić information content (AvgIpc) is 1.67. The number of fused-ring (bicyclic) bond motifs is 5. The van der Waals surface area contributed by atoms with E-state index in [1.165, 1.54) is 75.7 Å². The van der Waals surface area contributed by atoms with Gasteiger partial charge in [-0.15, -0.1) is 0 Å². The molecule has 0 atom stereocenters. The van der Waals surface area contributed by atoms with Crippen molar-refractivity contribution >= 4 is 80.5 Å². The number of nitrogens with zero attached hydrogens (tertiary/aromatic N) is 15. The van der Waals surface area contributed by atoms with Crippen molar-refractivity contribution in [2.24, 2.45) is 0 Å². The van der Waals surface area contributed by atoms with Crippen LogP contribution in [0, 0.1) is 54.3 Å². The van der Waals surface area contributed by atoms with E-state index in [1.54, 1.807) is 24.3 Å². The van der Waals surface area contributed by atoms with Crippen molar-refractivity contribution in [3.63, 3.8) is 0 Å². The molecule has 34 heteroatoms. The molecule has 0 fully saturated rings. The van der Waals surface area contributed by atoms with E-state index in [4.69, 9.17) is 27.9 Å². The molecule has 0 unspecified atom stereocenters. The molecule has 0 amide bonds. The second kappa shape index (κ2) is 40.7. The largest absolute Gasteiger partial charge is 0.494 e. The van der Waals surface area contributed by atoms with Gasteiger partial charge in [0.15, 0.2) is 29.1 Å². The summed E-state index contributed by atoms with van der Waals surface area (Å²) in [5, 5.41) is 32.3. The van der Waals surface area contributed by atoms with E-state index < -0.39 is 0 Å². The number of ether oxygens (including phenoxy) is 1. The van der Waals surface area contributed by atoms with Gasteiger partial charge in [-0.05, 0) is 151 Å². The van der Waals surface area contributed by atoms with E-state index in [2.05, 4.69) is 122 Å². The van der Waals surface area contributed by atoms with E-state index in [-0.39, 0.29) is 45.9 Å². The van der Waals surface area contributed by atoms with E-state index in [0.717, 1.165) is 78.6 Å². The van der Waals surface area contributed by atoms with Crippen LogP contribution in [0.4, 0.5) is 32.8 Å². The van der Waals surface area contributed by atoms with Crippen LogP contribution < -0.4 is 59.1 Å². The molecule has 10 aromatic carbocycles. The molecule has 0 saturated heterocycles. The van der Waals surface area contributed by atoms with Crippen LogP contribution in [0.15, 0.2) is 291 Å². The van der Waals surface area contributed by atoms with Crippen LogP contribution in [0.2, 0.25) is 10.0 Å². The van der Waals surface area contributed by atoms with Crippen molar-refractivity contribution < 1.29 is 9.13 Å². The van der Waals surface area contributed by atoms with Gasteiger partial charge in [-0.1, -0.05) is 203 Å². The lowest BCUT2D eigenvalue weighted by atomic mass is 10.1. The van der Waals surface area contributed by atoms with Gasteiger partial charge in [-0.25, -0.2) is 29.3 Å². The number of hydrogen-bond donors (Lipinski definition) is 10. The van der Waals surface area contributed by atoms with Gasteiger partial charge in [0, 0.05) is 80.2 Å². The summed E-state index contributed by atoms with van der Waals surface area (Å²) in [6.45, 7) is 18.6. The quantitative estimate of drug-likeness (QED) is 0.0301. The summed E-state index contributed by atoms with van der Waals surface area (Å²) in [5.41, 5.74) is 18.4. The number of benzene rings is 10. The second-order valence-corrected chi connectivity index (χ2v) is 32.0. The van der Waals surface area contributed by atoms with Gasteiger partial charge in [0.05, 0.1) is 84.2 Å². The Labute approximate surface area is 769 Å². The minimum absolute atomic E-state index is 0.177. The Kier molecular flexibility index (Phi) is 27.4. The monoisotopic (exact) mass is 1810 g/mol. The van der Waals surface area contributed by atoms with Crippen LogP contribution in [0.5, 0.6) is 5.75 Å². The van der Waals surface area contributed by atoms with Crippen molar-refractivity contribution in [3.05, 3.63) is 402 Å². The Bertz CT molecular complexity index is 7900. The molecule has 0 aliphatic rings. The summed E-state index contributed by atoms with van der Waals surface area (Å²) >= 11 is 12.3. The van der Waals surface area contributed by atoms with Gasteiger partial charge in [-0.3, -0.25) is 49.5 Å². The molecular formula is C99H90Cl2FN25O6. The van der Waals surface area contributed by atoms with Gasteiger partial charge in [0.1, 0.15) is 11.6 Å². The zero-order valence-corrected chi connectivity index (χ0v) is 74.9. The smallest absolute Gasteiger partial charge is 0.274 e. The molecule has 0 bridgehead atoms. The molecule has 0 saturated carbocycles. The first-order valence-corrected chi connectivity index (χ1v) is 43.2. The predicted molar refractivity (Wildman–Crippen MR) is 518 cm³/mol. The van der Waals surface area contributed by atoms with Crippen LogP contribution >= 0.6 is 23.2 Å². The molecule has 20 rings (SSSR count). The Hall–Kier alpha value is -16.7. The number of aromatic amines is 5. The van der Waals surface area contributed by atoms with E-state index >= 15 is 0 Å². The summed E-state index contributed by atoms with van der Waals surface area (Å²) < 4.78 is 25.8. The fraction of sp³-hybridized carbons (Fsp3) is 0.141. The van der Waals surface area contributed by atoms with Crippen molar-refractivity contribution in [3.8, 4) is 62.7 Å². The van der Waals surface area contributed by atoms with E-state index in [1.807, 2.05) is 242 Å². The standard InChI is InChI=1S/C21H21N5O2.C21H21N5O.C20H18ClN5O.C19H16FN5O.C18H14ClN5O/c1-3-28-18-10-8-16(9-11-18)22-13-17-12-19(27)26-21(23-17)24-20(25-26)15-6-4-14(2)5-7-15;1-13-7-9-16(10-8-13)20-24-21-23-17(11-19(27)26(21)25-20)12-22-18-6-4-5-14(2)15(18)3;1-12-4-3-5-14(8-12)19-24-20-23-16(10-18(27)26(20)25-19)11-22-15-7-6-13(2)17(21)9-15;1-12-5-4-6-13(9-12)18-23-19-22-14(10-17(26)25(19)24-18)11-21-16-8-3-2-7-15(16)20;19-14-8-4-5-9-15(14)20-11-13-10-16(25)24-18(21-13)22-17(23-24)12-6-2-1-3-7-12/h4-12,22H,3,13H2,1-2H3,(H,23,24,25);4-11,22H,12H2,1-3H3,(H,23,24,25);3-10,22H,11H2,1-2H3,(H,23,24,25);2-10,21H,11H2,1H3,(H,22,23,24);1-10,20H,11H2,(H,21,22,23).